The van der Waals surface area contributed by atoms with E-state index in [2.05, 4.69) is 39.1 Å². The number of anilines is 1. The van der Waals surface area contributed by atoms with Crippen LogP contribution in [0.3, 0.4) is 0 Å². The number of aromatic nitrogens is 1. The van der Waals surface area contributed by atoms with E-state index in [0.29, 0.717) is 6.61 Å². The summed E-state index contributed by atoms with van der Waals surface area (Å²) in [5.74, 6) is 0.894. The third-order valence-electron chi connectivity index (χ3n) is 3.92. The first kappa shape index (κ1) is 14.9. The first-order chi connectivity index (χ1) is 11.7. The smallest absolute Gasteiger partial charge is 0.210 e. The monoisotopic (exact) mass is 335 g/mol. The fraction of sp³-hybridized carbons (Fsp3) is 0.158. The molecule has 0 saturated carbocycles. The molecule has 1 aromatic heterocycles. The lowest BCUT2D eigenvalue weighted by Crippen LogP contribution is -2.08. The molecule has 1 aliphatic heterocycles. The molecule has 3 aromatic rings. The Kier molecular flexibility index (Phi) is 3.78. The molecule has 24 heavy (non-hydrogen) atoms. The van der Waals surface area contributed by atoms with Crippen molar-refractivity contribution in [1.29, 1.82) is 0 Å². The molecule has 0 N–H and O–H groups in total. The Morgan fingerprint density at radius 1 is 1.12 bits per heavy atom. The maximum atomic E-state index is 5.78. The quantitative estimate of drug-likeness (QED) is 0.661. The lowest BCUT2D eigenvalue weighted by atomic mass is 10.1. The van der Waals surface area contributed by atoms with Gasteiger partial charge in [0.05, 0.1) is 10.6 Å². The minimum Gasteiger partial charge on any atom is -0.487 e. The summed E-state index contributed by atoms with van der Waals surface area (Å²) in [4.78, 5) is 12.4. The van der Waals surface area contributed by atoms with Crippen LogP contribution in [0.5, 0.6) is 5.75 Å². The fourth-order valence-electron chi connectivity index (χ4n) is 2.62. The highest BCUT2D eigenvalue weighted by Gasteiger charge is 2.21. The second-order valence-electron chi connectivity index (χ2n) is 5.80. The molecule has 2 aromatic carbocycles. The van der Waals surface area contributed by atoms with Gasteiger partial charge in [0.1, 0.15) is 12.4 Å². The van der Waals surface area contributed by atoms with Crippen molar-refractivity contribution in [3.05, 3.63) is 59.0 Å². The van der Waals surface area contributed by atoms with E-state index in [1.807, 2.05) is 44.6 Å². The highest BCUT2D eigenvalue weighted by molar-refractivity contribution is 7.15. The Hall–Kier alpha value is -2.66. The van der Waals surface area contributed by atoms with Gasteiger partial charge in [0, 0.05) is 31.6 Å². The summed E-state index contributed by atoms with van der Waals surface area (Å²) < 4.78 is 5.78. The summed E-state index contributed by atoms with van der Waals surface area (Å²) in [6.07, 6.45) is 1.86. The van der Waals surface area contributed by atoms with Gasteiger partial charge in [-0.2, -0.15) is 0 Å². The molecule has 0 bridgehead atoms. The van der Waals surface area contributed by atoms with Gasteiger partial charge < -0.3 is 9.64 Å². The van der Waals surface area contributed by atoms with E-state index in [1.54, 1.807) is 11.3 Å². The van der Waals surface area contributed by atoms with E-state index >= 15 is 0 Å². The first-order valence-electron chi connectivity index (χ1n) is 7.74. The third kappa shape index (κ3) is 2.78. The predicted molar refractivity (Wildman–Crippen MR) is 99.9 cm³/mol. The van der Waals surface area contributed by atoms with E-state index in [1.165, 1.54) is 5.69 Å². The number of rotatable bonds is 3. The van der Waals surface area contributed by atoms with Crippen molar-refractivity contribution in [2.45, 2.75) is 6.61 Å². The maximum absolute atomic E-state index is 5.78. The molecule has 1 aliphatic rings. The second-order valence-corrected chi connectivity index (χ2v) is 6.86. The SMILES string of the molecule is CN(C)c1ccc(/C=N/c2nc3c(s2)COc2ccccc2-3)cc1. The number of aliphatic imine (C=N–C) groups is 1. The van der Waals surface area contributed by atoms with Gasteiger partial charge >= 0.3 is 0 Å². The normalized spacial score (nSPS) is 12.6. The Balaban J connectivity index is 1.60. The molecule has 0 fully saturated rings. The van der Waals surface area contributed by atoms with Crippen molar-refractivity contribution in [3.63, 3.8) is 0 Å². The van der Waals surface area contributed by atoms with Crippen LogP contribution in [0.1, 0.15) is 10.4 Å². The number of thiazole rings is 1. The number of hydrogen-bond donors (Lipinski definition) is 0. The minimum absolute atomic E-state index is 0.567. The standard InChI is InChI=1S/C19H17N3OS/c1-22(2)14-9-7-13(8-10-14)11-20-19-21-18-15-5-3-4-6-16(15)23-12-17(18)24-19/h3-11H,12H2,1-2H3/b20-11+. The molecule has 5 heteroatoms. The molecule has 0 unspecified atom stereocenters. The van der Waals surface area contributed by atoms with Crippen molar-refractivity contribution < 1.29 is 4.74 Å². The molecular formula is C19H17N3OS. The van der Waals surface area contributed by atoms with Crippen molar-refractivity contribution in [1.82, 2.24) is 4.98 Å². The third-order valence-corrected chi connectivity index (χ3v) is 4.86. The zero-order valence-corrected chi connectivity index (χ0v) is 14.4. The molecule has 0 radical (unpaired) electrons. The van der Waals surface area contributed by atoms with E-state index in [-0.39, 0.29) is 0 Å². The van der Waals surface area contributed by atoms with Crippen molar-refractivity contribution in [2.75, 3.05) is 19.0 Å². The summed E-state index contributed by atoms with van der Waals surface area (Å²) in [7, 11) is 4.06. The van der Waals surface area contributed by atoms with Crippen LogP contribution in [0, 0.1) is 0 Å². The van der Waals surface area contributed by atoms with Crippen LogP contribution in [-0.2, 0) is 6.61 Å². The summed E-state index contributed by atoms with van der Waals surface area (Å²) in [6, 6.07) is 16.3. The number of nitrogens with zero attached hydrogens (tertiary/aromatic N) is 3. The van der Waals surface area contributed by atoms with Gasteiger partial charge in [0.15, 0.2) is 0 Å². The van der Waals surface area contributed by atoms with E-state index in [4.69, 9.17) is 4.74 Å². The summed E-state index contributed by atoms with van der Waals surface area (Å²) in [5.41, 5.74) is 4.28. The fourth-order valence-corrected chi connectivity index (χ4v) is 3.46. The van der Waals surface area contributed by atoms with Gasteiger partial charge in [0.2, 0.25) is 5.13 Å². The van der Waals surface area contributed by atoms with Crippen LogP contribution < -0.4 is 9.64 Å². The molecule has 0 saturated heterocycles. The van der Waals surface area contributed by atoms with Crippen LogP contribution in [0.25, 0.3) is 11.3 Å². The van der Waals surface area contributed by atoms with Gasteiger partial charge in [-0.3, -0.25) is 0 Å². The molecule has 2 heterocycles. The molecule has 0 aliphatic carbocycles. The zero-order chi connectivity index (χ0) is 16.5. The lowest BCUT2D eigenvalue weighted by Gasteiger charge is -2.15. The Bertz CT molecular complexity index is 897. The van der Waals surface area contributed by atoms with Gasteiger partial charge in [-0.05, 0) is 29.8 Å². The molecule has 0 spiro atoms. The number of para-hydroxylation sites is 1. The summed E-state index contributed by atoms with van der Waals surface area (Å²) in [6.45, 7) is 0.567. The maximum Gasteiger partial charge on any atom is 0.210 e. The van der Waals surface area contributed by atoms with Crippen molar-refractivity contribution in [2.24, 2.45) is 4.99 Å². The number of fused-ring (bicyclic) bond motifs is 3. The van der Waals surface area contributed by atoms with Crippen LogP contribution in [0.15, 0.2) is 53.5 Å². The Morgan fingerprint density at radius 2 is 1.92 bits per heavy atom. The highest BCUT2D eigenvalue weighted by atomic mass is 32.1. The highest BCUT2D eigenvalue weighted by Crippen LogP contribution is 2.41. The molecule has 0 atom stereocenters. The molecule has 0 amide bonds. The van der Waals surface area contributed by atoms with Crippen molar-refractivity contribution in [3.8, 4) is 17.0 Å². The van der Waals surface area contributed by atoms with Crippen LogP contribution >= 0.6 is 11.3 Å². The number of ether oxygens (including phenoxy) is 1. The van der Waals surface area contributed by atoms with Gasteiger partial charge in [-0.15, -0.1) is 0 Å². The van der Waals surface area contributed by atoms with Gasteiger partial charge in [-0.1, -0.05) is 35.6 Å². The van der Waals surface area contributed by atoms with E-state index in [9.17, 15) is 0 Å². The largest absolute Gasteiger partial charge is 0.487 e. The summed E-state index contributed by atoms with van der Waals surface area (Å²) in [5, 5.41) is 0.761. The van der Waals surface area contributed by atoms with Crippen molar-refractivity contribution >= 4 is 28.4 Å². The Morgan fingerprint density at radius 3 is 2.71 bits per heavy atom. The van der Waals surface area contributed by atoms with Gasteiger partial charge in [-0.25, -0.2) is 9.98 Å². The minimum atomic E-state index is 0.567. The molecular weight excluding hydrogens is 318 g/mol. The van der Waals surface area contributed by atoms with Crippen LogP contribution in [0.2, 0.25) is 0 Å². The molecule has 4 rings (SSSR count). The number of hydrogen-bond acceptors (Lipinski definition) is 5. The van der Waals surface area contributed by atoms with E-state index in [0.717, 1.165) is 32.6 Å². The number of benzene rings is 2. The van der Waals surface area contributed by atoms with Crippen LogP contribution in [-0.4, -0.2) is 25.3 Å². The topological polar surface area (TPSA) is 37.7 Å². The Labute approximate surface area is 145 Å². The predicted octanol–water partition coefficient (Wildman–Crippen LogP) is 4.52. The average Bonchev–Trinajstić information content (AvgIpc) is 3.04. The molecule has 120 valence electrons. The van der Waals surface area contributed by atoms with Crippen LogP contribution in [0.4, 0.5) is 10.8 Å². The van der Waals surface area contributed by atoms with E-state index < -0.39 is 0 Å². The average molecular weight is 335 g/mol. The lowest BCUT2D eigenvalue weighted by molar-refractivity contribution is 0.305. The summed E-state index contributed by atoms with van der Waals surface area (Å²) >= 11 is 1.58. The first-order valence-corrected chi connectivity index (χ1v) is 8.56. The second kappa shape index (κ2) is 6.09. The zero-order valence-electron chi connectivity index (χ0n) is 13.6. The molecule has 4 nitrogen and oxygen atoms in total. The van der Waals surface area contributed by atoms with Gasteiger partial charge in [0.25, 0.3) is 0 Å².